The van der Waals surface area contributed by atoms with Crippen molar-refractivity contribution in [3.63, 3.8) is 0 Å². The molecule has 0 fully saturated rings. The van der Waals surface area contributed by atoms with E-state index in [1.165, 1.54) is 5.56 Å². The Kier molecular flexibility index (Phi) is 2.80. The fourth-order valence-corrected chi connectivity index (χ4v) is 1.98. The summed E-state index contributed by atoms with van der Waals surface area (Å²) in [6.07, 6.45) is 3.84. The van der Waals surface area contributed by atoms with Crippen LogP contribution < -0.4 is 5.73 Å². The smallest absolute Gasteiger partial charge is 0.0999 e. The van der Waals surface area contributed by atoms with Crippen LogP contribution in [0.1, 0.15) is 5.56 Å². The number of nitrogens with two attached hydrogens (primary N) is 1. The van der Waals surface area contributed by atoms with Crippen molar-refractivity contribution in [2.45, 2.75) is 6.92 Å². The van der Waals surface area contributed by atoms with E-state index in [4.69, 9.17) is 5.73 Å². The van der Waals surface area contributed by atoms with Crippen molar-refractivity contribution in [2.75, 3.05) is 5.73 Å². The van der Waals surface area contributed by atoms with Gasteiger partial charge in [-0.05, 0) is 31.2 Å². The highest BCUT2D eigenvalue weighted by atomic mass is 15.0. The van der Waals surface area contributed by atoms with Crippen LogP contribution in [0.4, 0.5) is 5.69 Å². The highest BCUT2D eigenvalue weighted by Gasteiger charge is 2.03. The normalized spacial score (nSPS) is 10.6. The molecule has 0 unspecified atom stereocenters. The first-order valence-electron chi connectivity index (χ1n) is 6.19. The molecule has 0 aliphatic carbocycles. The van der Waals surface area contributed by atoms with Crippen molar-refractivity contribution in [1.82, 2.24) is 9.55 Å². The van der Waals surface area contributed by atoms with Crippen LogP contribution in [0.15, 0.2) is 61.1 Å². The van der Waals surface area contributed by atoms with E-state index < -0.39 is 0 Å². The summed E-state index contributed by atoms with van der Waals surface area (Å²) in [7, 11) is 0. The maximum absolute atomic E-state index is 5.69. The van der Waals surface area contributed by atoms with Gasteiger partial charge in [0.15, 0.2) is 0 Å². The van der Waals surface area contributed by atoms with E-state index in [1.807, 2.05) is 41.4 Å². The molecule has 1 heterocycles. The fourth-order valence-electron chi connectivity index (χ4n) is 1.98. The zero-order valence-corrected chi connectivity index (χ0v) is 10.7. The first-order valence-corrected chi connectivity index (χ1v) is 6.19. The maximum Gasteiger partial charge on any atom is 0.0999 e. The predicted molar refractivity (Wildman–Crippen MR) is 78.1 cm³/mol. The molecule has 3 nitrogen and oxygen atoms in total. The minimum Gasteiger partial charge on any atom is -0.399 e. The third-order valence-corrected chi connectivity index (χ3v) is 3.12. The molecule has 2 aromatic carbocycles. The highest BCUT2D eigenvalue weighted by molar-refractivity contribution is 5.59. The Morgan fingerprint density at radius 1 is 0.947 bits per heavy atom. The lowest BCUT2D eigenvalue weighted by Gasteiger charge is -2.01. The zero-order chi connectivity index (χ0) is 13.2. The van der Waals surface area contributed by atoms with Gasteiger partial charge < -0.3 is 10.3 Å². The predicted octanol–water partition coefficient (Wildman–Crippen LogP) is 3.43. The average Bonchev–Trinajstić information content (AvgIpc) is 2.90. The quantitative estimate of drug-likeness (QED) is 0.707. The molecule has 3 heteroatoms. The summed E-state index contributed by atoms with van der Waals surface area (Å²) in [5, 5.41) is 0. The third kappa shape index (κ3) is 2.36. The second-order valence-electron chi connectivity index (χ2n) is 4.62. The number of hydrogen-bond acceptors (Lipinski definition) is 2. The van der Waals surface area contributed by atoms with Crippen LogP contribution in [0.2, 0.25) is 0 Å². The van der Waals surface area contributed by atoms with Crippen molar-refractivity contribution in [3.8, 4) is 16.9 Å². The Labute approximate surface area is 112 Å². The Balaban J connectivity index is 1.95. The lowest BCUT2D eigenvalue weighted by atomic mass is 10.1. The summed E-state index contributed by atoms with van der Waals surface area (Å²) in [6, 6.07) is 16.1. The first kappa shape index (κ1) is 11.5. The van der Waals surface area contributed by atoms with E-state index in [2.05, 4.69) is 36.2 Å². The van der Waals surface area contributed by atoms with Crippen LogP contribution in [-0.2, 0) is 0 Å². The van der Waals surface area contributed by atoms with E-state index in [1.54, 1.807) is 0 Å². The molecule has 0 amide bonds. The number of hydrogen-bond donors (Lipinski definition) is 1. The van der Waals surface area contributed by atoms with Crippen LogP contribution in [0, 0.1) is 6.92 Å². The van der Waals surface area contributed by atoms with Gasteiger partial charge in [0.1, 0.15) is 0 Å². The van der Waals surface area contributed by atoms with Gasteiger partial charge in [0.25, 0.3) is 0 Å². The molecule has 1 aromatic heterocycles. The van der Waals surface area contributed by atoms with Gasteiger partial charge in [0.2, 0.25) is 0 Å². The summed E-state index contributed by atoms with van der Waals surface area (Å²) in [5.74, 6) is 0. The summed E-state index contributed by atoms with van der Waals surface area (Å²) < 4.78 is 1.99. The van der Waals surface area contributed by atoms with Crippen LogP contribution >= 0.6 is 0 Å². The molecule has 0 atom stereocenters. The molecule has 0 spiro atoms. The zero-order valence-electron chi connectivity index (χ0n) is 10.7. The third-order valence-electron chi connectivity index (χ3n) is 3.12. The summed E-state index contributed by atoms with van der Waals surface area (Å²) >= 11 is 0. The molecule has 0 bridgehead atoms. The van der Waals surface area contributed by atoms with Gasteiger partial charge in [-0.3, -0.25) is 0 Å². The number of anilines is 1. The van der Waals surface area contributed by atoms with Gasteiger partial charge in [-0.25, -0.2) is 4.98 Å². The van der Waals surface area contributed by atoms with Crippen LogP contribution in [0.25, 0.3) is 16.9 Å². The van der Waals surface area contributed by atoms with Crippen molar-refractivity contribution in [3.05, 3.63) is 66.6 Å². The molecule has 0 radical (unpaired) electrons. The van der Waals surface area contributed by atoms with E-state index in [0.717, 1.165) is 22.6 Å². The molecule has 3 aromatic rings. The fraction of sp³-hybridized carbons (Fsp3) is 0.0625. The van der Waals surface area contributed by atoms with E-state index >= 15 is 0 Å². The van der Waals surface area contributed by atoms with E-state index in [-0.39, 0.29) is 0 Å². The first-order chi connectivity index (χ1) is 9.22. The lowest BCUT2D eigenvalue weighted by molar-refractivity contribution is 1.06. The standard InChI is InChI=1S/C16H15N3/c1-12-2-4-13(5-3-12)16-10-19(11-18-16)15-8-6-14(17)7-9-15/h2-11H,17H2,1H3. The van der Waals surface area contributed by atoms with Gasteiger partial charge in [0.05, 0.1) is 12.0 Å². The minimum atomic E-state index is 0.766. The molecule has 0 aliphatic rings. The molecule has 94 valence electrons. The number of rotatable bonds is 2. The van der Waals surface area contributed by atoms with Crippen LogP contribution in [0.5, 0.6) is 0 Å². The summed E-state index contributed by atoms with van der Waals surface area (Å²) in [5.41, 5.74) is 10.9. The van der Waals surface area contributed by atoms with E-state index in [0.29, 0.717) is 0 Å². The number of imidazole rings is 1. The van der Waals surface area contributed by atoms with Crippen LogP contribution in [0.3, 0.4) is 0 Å². The topological polar surface area (TPSA) is 43.8 Å². The van der Waals surface area contributed by atoms with Crippen molar-refractivity contribution < 1.29 is 0 Å². The van der Waals surface area contributed by atoms with Crippen molar-refractivity contribution in [1.29, 1.82) is 0 Å². The van der Waals surface area contributed by atoms with Crippen molar-refractivity contribution >= 4 is 5.69 Å². The number of aromatic nitrogens is 2. The molecular weight excluding hydrogens is 234 g/mol. The van der Waals surface area contributed by atoms with Crippen molar-refractivity contribution in [2.24, 2.45) is 0 Å². The Bertz CT molecular complexity index is 619. The summed E-state index contributed by atoms with van der Waals surface area (Å²) in [6.45, 7) is 2.08. The second kappa shape index (κ2) is 4.61. The number of nitrogen functional groups attached to an aromatic ring is 1. The maximum atomic E-state index is 5.69. The second-order valence-corrected chi connectivity index (χ2v) is 4.62. The number of benzene rings is 2. The number of aryl methyl sites for hydroxylation is 1. The molecule has 2 N–H and O–H groups in total. The molecule has 0 aliphatic heterocycles. The Morgan fingerprint density at radius 2 is 1.63 bits per heavy atom. The van der Waals surface area contributed by atoms with Crippen LogP contribution in [-0.4, -0.2) is 9.55 Å². The summed E-state index contributed by atoms with van der Waals surface area (Å²) in [4.78, 5) is 4.45. The lowest BCUT2D eigenvalue weighted by Crippen LogP contribution is -1.90. The van der Waals surface area contributed by atoms with Gasteiger partial charge in [0, 0.05) is 23.1 Å². The van der Waals surface area contributed by atoms with Gasteiger partial charge >= 0.3 is 0 Å². The Hall–Kier alpha value is -2.55. The largest absolute Gasteiger partial charge is 0.399 e. The molecule has 3 rings (SSSR count). The molecule has 19 heavy (non-hydrogen) atoms. The highest BCUT2D eigenvalue weighted by Crippen LogP contribution is 2.19. The Morgan fingerprint density at radius 3 is 2.32 bits per heavy atom. The van der Waals surface area contributed by atoms with E-state index in [9.17, 15) is 0 Å². The number of nitrogens with zero attached hydrogens (tertiary/aromatic N) is 2. The minimum absolute atomic E-state index is 0.766. The molecular formula is C16H15N3. The molecule has 0 saturated heterocycles. The van der Waals surface area contributed by atoms with Gasteiger partial charge in [-0.1, -0.05) is 29.8 Å². The molecule has 0 saturated carbocycles. The van der Waals surface area contributed by atoms with Gasteiger partial charge in [-0.2, -0.15) is 0 Å². The monoisotopic (exact) mass is 249 g/mol. The average molecular weight is 249 g/mol. The SMILES string of the molecule is Cc1ccc(-c2cn(-c3ccc(N)cc3)cn2)cc1. The van der Waals surface area contributed by atoms with Gasteiger partial charge in [-0.15, -0.1) is 0 Å².